The van der Waals surface area contributed by atoms with Crippen LogP contribution in [0.25, 0.3) is 0 Å². The maximum absolute atomic E-state index is 14.7. The van der Waals surface area contributed by atoms with Crippen LogP contribution in [0.15, 0.2) is 60.7 Å². The lowest BCUT2D eigenvalue weighted by Crippen LogP contribution is -2.62. The van der Waals surface area contributed by atoms with Gasteiger partial charge in [0.2, 0.25) is 5.91 Å². The Bertz CT molecular complexity index is 1600. The van der Waals surface area contributed by atoms with E-state index in [-0.39, 0.29) is 29.7 Å². The number of ketones is 1. The number of amides is 2. The second kappa shape index (κ2) is 8.66. The van der Waals surface area contributed by atoms with Crippen LogP contribution >= 0.6 is 11.6 Å². The summed E-state index contributed by atoms with van der Waals surface area (Å²) in [6, 6.07) is 18.0. The molecule has 0 unspecified atom stereocenters. The number of hydrogen-bond donors (Lipinski definition) is 2. The lowest BCUT2D eigenvalue weighted by molar-refractivity contribution is -0.137. The maximum atomic E-state index is 14.7. The zero-order valence-electron chi connectivity index (χ0n) is 22.6. The normalized spacial score (nSPS) is 28.1. The van der Waals surface area contributed by atoms with Gasteiger partial charge >= 0.3 is 0 Å². The van der Waals surface area contributed by atoms with Gasteiger partial charge in [-0.1, -0.05) is 35.9 Å². The minimum absolute atomic E-state index is 0.00136. The molecule has 3 aromatic rings. The first kappa shape index (κ1) is 25.3. The van der Waals surface area contributed by atoms with E-state index in [2.05, 4.69) is 15.5 Å². The Morgan fingerprint density at radius 2 is 1.77 bits per heavy atom. The van der Waals surface area contributed by atoms with Crippen molar-refractivity contribution in [3.63, 3.8) is 0 Å². The van der Waals surface area contributed by atoms with Crippen LogP contribution in [0.3, 0.4) is 0 Å². The van der Waals surface area contributed by atoms with E-state index in [0.717, 1.165) is 12.0 Å². The molecule has 0 radical (unpaired) electrons. The van der Waals surface area contributed by atoms with Crippen LogP contribution in [0, 0.1) is 12.8 Å². The van der Waals surface area contributed by atoms with Gasteiger partial charge in [0.15, 0.2) is 5.78 Å². The summed E-state index contributed by atoms with van der Waals surface area (Å²) in [6.07, 6.45) is 1.52. The molecule has 2 saturated heterocycles. The summed E-state index contributed by atoms with van der Waals surface area (Å²) < 4.78 is 5.80. The van der Waals surface area contributed by atoms with Crippen LogP contribution < -0.4 is 15.4 Å². The molecule has 2 fully saturated rings. The van der Waals surface area contributed by atoms with E-state index in [4.69, 9.17) is 16.3 Å². The number of carbonyl (C=O) groups is 3. The first-order chi connectivity index (χ1) is 19.2. The maximum Gasteiger partial charge on any atom is 0.251 e. The van der Waals surface area contributed by atoms with Gasteiger partial charge in [0.05, 0.1) is 22.7 Å². The lowest BCUT2D eigenvalue weighted by atomic mass is 9.57. The summed E-state index contributed by atoms with van der Waals surface area (Å²) in [4.78, 5) is 45.9. The third-order valence-electron chi connectivity index (χ3n) is 9.09. The summed E-state index contributed by atoms with van der Waals surface area (Å²) in [6.45, 7) is 6.41. The molecular weight excluding hydrogens is 526 g/mol. The van der Waals surface area contributed by atoms with E-state index < -0.39 is 16.9 Å². The van der Waals surface area contributed by atoms with Gasteiger partial charge in [-0.05, 0) is 87.7 Å². The minimum atomic E-state index is -1.49. The fraction of sp³-hybridized carbons (Fsp3) is 0.344. The van der Waals surface area contributed by atoms with E-state index >= 15 is 0 Å². The van der Waals surface area contributed by atoms with Gasteiger partial charge in [-0.3, -0.25) is 19.3 Å². The van der Waals surface area contributed by atoms with Crippen molar-refractivity contribution in [1.29, 1.82) is 0 Å². The predicted molar refractivity (Wildman–Crippen MR) is 153 cm³/mol. The molecule has 2 N–H and O–H groups in total. The Morgan fingerprint density at radius 3 is 2.52 bits per heavy atom. The molecule has 2 amide bonds. The molecule has 0 aromatic heterocycles. The zero-order chi connectivity index (χ0) is 28.0. The van der Waals surface area contributed by atoms with Gasteiger partial charge in [-0.2, -0.15) is 0 Å². The number of aryl methyl sites for hydroxylation is 1. The van der Waals surface area contributed by atoms with E-state index in [1.807, 2.05) is 57.2 Å². The van der Waals surface area contributed by atoms with Crippen LogP contribution in [0.2, 0.25) is 5.02 Å². The zero-order valence-corrected chi connectivity index (χ0v) is 23.3. The minimum Gasteiger partial charge on any atom is -0.491 e. The standard InChI is InChI=1S/C32H30ClN3O4/c1-17(2)40-20-12-10-19(11-13-20)28(37)26-25-9-6-14-36(25)32(22-15-18(3)16-23(33)27(22)35-30(32)39)31(26)21-7-4-5-8-24(21)34-29(31)38/h4-5,7-8,10-13,15-17,25-26H,6,9,14H2,1-3H3,(H,34,38)(H,35,39)/t25-,26-,31+,32-/m1/s1. The molecule has 2 spiro atoms. The Hall–Kier alpha value is -3.68. The second-order valence-corrected chi connectivity index (χ2v) is 12.0. The van der Waals surface area contributed by atoms with Crippen molar-refractivity contribution >= 4 is 40.6 Å². The molecule has 7 rings (SSSR count). The Labute approximate surface area is 237 Å². The summed E-state index contributed by atoms with van der Waals surface area (Å²) in [7, 11) is 0. The van der Waals surface area contributed by atoms with E-state index in [0.29, 0.717) is 51.8 Å². The monoisotopic (exact) mass is 555 g/mol. The van der Waals surface area contributed by atoms with Crippen molar-refractivity contribution in [1.82, 2.24) is 4.90 Å². The Kier molecular flexibility index (Phi) is 5.48. The second-order valence-electron chi connectivity index (χ2n) is 11.6. The summed E-state index contributed by atoms with van der Waals surface area (Å²) in [5, 5.41) is 6.54. The van der Waals surface area contributed by atoms with Crippen LogP contribution in [0.4, 0.5) is 11.4 Å². The van der Waals surface area contributed by atoms with Crippen LogP contribution in [0.1, 0.15) is 53.7 Å². The molecule has 40 heavy (non-hydrogen) atoms. The molecular formula is C32H30ClN3O4. The number of halogens is 1. The van der Waals surface area contributed by atoms with Crippen molar-refractivity contribution in [3.05, 3.63) is 87.9 Å². The average molecular weight is 556 g/mol. The van der Waals surface area contributed by atoms with Crippen molar-refractivity contribution in [2.24, 2.45) is 5.92 Å². The number of nitrogens with one attached hydrogen (secondary N) is 2. The quantitative estimate of drug-likeness (QED) is 0.418. The largest absolute Gasteiger partial charge is 0.491 e. The third kappa shape index (κ3) is 3.02. The molecule has 3 aromatic carbocycles. The SMILES string of the molecule is Cc1cc(Cl)c2c(c1)[C@]1(C(=O)N2)N2CCC[C@@H]2[C@H](C(=O)c2ccc(OC(C)C)cc2)[C@@]12C(=O)Nc1ccccc12. The highest BCUT2D eigenvalue weighted by Gasteiger charge is 2.81. The Morgan fingerprint density at radius 1 is 1.02 bits per heavy atom. The fourth-order valence-corrected chi connectivity index (χ4v) is 8.24. The van der Waals surface area contributed by atoms with Crippen molar-refractivity contribution in [2.75, 3.05) is 17.2 Å². The van der Waals surface area contributed by atoms with E-state index in [1.165, 1.54) is 0 Å². The molecule has 4 atom stereocenters. The molecule has 4 heterocycles. The number of benzene rings is 3. The first-order valence-electron chi connectivity index (χ1n) is 13.8. The highest BCUT2D eigenvalue weighted by Crippen LogP contribution is 2.68. The molecule has 4 aliphatic rings. The van der Waals surface area contributed by atoms with E-state index in [1.54, 1.807) is 24.3 Å². The lowest BCUT2D eigenvalue weighted by Gasteiger charge is -2.43. The highest BCUT2D eigenvalue weighted by molar-refractivity contribution is 6.35. The predicted octanol–water partition coefficient (Wildman–Crippen LogP) is 5.45. The number of carbonyl (C=O) groups excluding carboxylic acids is 3. The molecule has 4 aliphatic heterocycles. The van der Waals surface area contributed by atoms with Crippen LogP contribution in [-0.4, -0.2) is 41.2 Å². The van der Waals surface area contributed by atoms with E-state index in [9.17, 15) is 14.4 Å². The fourth-order valence-electron chi connectivity index (χ4n) is 7.92. The highest BCUT2D eigenvalue weighted by atomic mass is 35.5. The summed E-state index contributed by atoms with van der Waals surface area (Å²) in [5.41, 5.74) is 0.928. The number of Topliss-reactive ketones (excluding diaryl/α,β-unsaturated/α-hetero) is 1. The molecule has 0 aliphatic carbocycles. The summed E-state index contributed by atoms with van der Waals surface area (Å²) in [5.74, 6) is -0.931. The van der Waals surface area contributed by atoms with Gasteiger partial charge in [-0.15, -0.1) is 0 Å². The number of anilines is 2. The van der Waals surface area contributed by atoms with Gasteiger partial charge in [0, 0.05) is 22.9 Å². The average Bonchev–Trinajstić information content (AvgIpc) is 3.63. The molecule has 0 bridgehead atoms. The van der Waals surface area contributed by atoms with Gasteiger partial charge in [0.25, 0.3) is 5.91 Å². The number of ether oxygens (including phenoxy) is 1. The van der Waals surface area contributed by atoms with Gasteiger partial charge < -0.3 is 15.4 Å². The van der Waals surface area contributed by atoms with Gasteiger partial charge in [0.1, 0.15) is 16.7 Å². The van der Waals surface area contributed by atoms with Gasteiger partial charge in [-0.25, -0.2) is 0 Å². The third-order valence-corrected chi connectivity index (χ3v) is 9.39. The molecule has 204 valence electrons. The Balaban J connectivity index is 1.51. The smallest absolute Gasteiger partial charge is 0.251 e. The van der Waals surface area contributed by atoms with Crippen molar-refractivity contribution in [2.45, 2.75) is 56.7 Å². The van der Waals surface area contributed by atoms with Crippen LogP contribution in [-0.2, 0) is 20.5 Å². The first-order valence-corrected chi connectivity index (χ1v) is 14.2. The molecule has 8 heteroatoms. The number of fused-ring (bicyclic) bond motifs is 7. The molecule has 7 nitrogen and oxygen atoms in total. The number of nitrogens with zero attached hydrogens (tertiary/aromatic N) is 1. The van der Waals surface area contributed by atoms with Crippen molar-refractivity contribution < 1.29 is 19.1 Å². The number of rotatable bonds is 4. The summed E-state index contributed by atoms with van der Waals surface area (Å²) >= 11 is 6.71. The molecule has 0 saturated carbocycles. The number of para-hydroxylation sites is 1. The number of hydrogen-bond acceptors (Lipinski definition) is 5. The van der Waals surface area contributed by atoms with Crippen molar-refractivity contribution in [3.8, 4) is 5.75 Å². The topological polar surface area (TPSA) is 87.7 Å². The van der Waals surface area contributed by atoms with Crippen LogP contribution in [0.5, 0.6) is 5.75 Å².